The van der Waals surface area contributed by atoms with Gasteiger partial charge in [-0.2, -0.15) is 10.3 Å². The Labute approximate surface area is 118 Å². The number of thioether (sulfide) groups is 2. The van der Waals surface area contributed by atoms with Crippen molar-refractivity contribution in [3.05, 3.63) is 39.9 Å². The number of non-ortho nitro benzene ring substituents is 1. The molecule has 0 saturated heterocycles. The van der Waals surface area contributed by atoms with E-state index in [-0.39, 0.29) is 11.5 Å². The number of rotatable bonds is 2. The Hall–Kier alpha value is -1.85. The Morgan fingerprint density at radius 1 is 1.32 bits per heavy atom. The van der Waals surface area contributed by atoms with Crippen molar-refractivity contribution in [3.63, 3.8) is 0 Å². The molecule has 0 fully saturated rings. The second-order valence-electron chi connectivity index (χ2n) is 3.13. The van der Waals surface area contributed by atoms with E-state index in [1.54, 1.807) is 6.19 Å². The molecule has 0 aliphatic carbocycles. The number of nitro benzene ring substituents is 1. The predicted molar refractivity (Wildman–Crippen MR) is 79.7 cm³/mol. The van der Waals surface area contributed by atoms with Crippen LogP contribution in [0.5, 0.6) is 0 Å². The van der Waals surface area contributed by atoms with Crippen LogP contribution in [0.25, 0.3) is 0 Å². The molecule has 6 nitrogen and oxygen atoms in total. The molecule has 1 rings (SSSR count). The second-order valence-corrected chi connectivity index (χ2v) is 4.97. The Balaban J connectivity index is 3.15. The quantitative estimate of drug-likeness (QED) is 0.275. The summed E-state index contributed by atoms with van der Waals surface area (Å²) in [6, 6.07) is 5.76. The lowest BCUT2D eigenvalue weighted by molar-refractivity contribution is -0.384. The molecule has 0 aliphatic rings. The standard InChI is InChI=1S/C11H10N4O2S2/c1-18-11(19-2)14-10(13-7-12)8-3-5-9(6-4-8)15(16)17/h3-6H,1-2H3. The van der Waals surface area contributed by atoms with Crippen molar-refractivity contribution in [3.8, 4) is 6.19 Å². The van der Waals surface area contributed by atoms with Crippen LogP contribution in [-0.4, -0.2) is 27.6 Å². The van der Waals surface area contributed by atoms with E-state index in [1.165, 1.54) is 47.8 Å². The second kappa shape index (κ2) is 7.56. The molecule has 1 aromatic rings. The largest absolute Gasteiger partial charge is 0.269 e. The zero-order valence-corrected chi connectivity index (χ0v) is 11.9. The van der Waals surface area contributed by atoms with Gasteiger partial charge in [0.25, 0.3) is 5.69 Å². The molecule has 0 spiro atoms. The highest BCUT2D eigenvalue weighted by molar-refractivity contribution is 8.38. The highest BCUT2D eigenvalue weighted by atomic mass is 32.2. The van der Waals surface area contributed by atoms with E-state index < -0.39 is 4.92 Å². The fraction of sp³-hybridized carbons (Fsp3) is 0.182. The van der Waals surface area contributed by atoms with Crippen LogP contribution in [0, 0.1) is 21.6 Å². The van der Waals surface area contributed by atoms with Crippen molar-refractivity contribution >= 4 is 39.4 Å². The molecule has 0 aromatic heterocycles. The average Bonchev–Trinajstić information content (AvgIpc) is 2.43. The van der Waals surface area contributed by atoms with E-state index in [0.29, 0.717) is 5.56 Å². The molecule has 0 unspecified atom stereocenters. The molecular formula is C11H10N4O2S2. The van der Waals surface area contributed by atoms with E-state index >= 15 is 0 Å². The first-order valence-electron chi connectivity index (χ1n) is 5.00. The topological polar surface area (TPSA) is 91.7 Å². The van der Waals surface area contributed by atoms with Crippen LogP contribution in [0.15, 0.2) is 34.3 Å². The first-order chi connectivity index (χ1) is 9.12. The minimum atomic E-state index is -0.483. The molecule has 0 bridgehead atoms. The van der Waals surface area contributed by atoms with Gasteiger partial charge < -0.3 is 0 Å². The first-order valence-corrected chi connectivity index (χ1v) is 7.45. The zero-order chi connectivity index (χ0) is 14.3. The van der Waals surface area contributed by atoms with E-state index in [1.807, 2.05) is 12.5 Å². The number of nitro groups is 1. The van der Waals surface area contributed by atoms with Crippen molar-refractivity contribution in [2.24, 2.45) is 9.98 Å². The summed E-state index contributed by atoms with van der Waals surface area (Å²) in [5.41, 5.74) is 0.548. The number of aliphatic imine (C=N–C) groups is 2. The normalized spacial score (nSPS) is 10.7. The van der Waals surface area contributed by atoms with Crippen LogP contribution >= 0.6 is 23.5 Å². The average molecular weight is 294 g/mol. The van der Waals surface area contributed by atoms with Crippen LogP contribution in [0.1, 0.15) is 5.56 Å². The fourth-order valence-corrected chi connectivity index (χ4v) is 2.22. The molecule has 0 amide bonds. The molecule has 0 heterocycles. The third-order valence-corrected chi connectivity index (χ3v) is 3.92. The summed E-state index contributed by atoms with van der Waals surface area (Å²) >= 11 is 2.88. The molecule has 0 saturated carbocycles. The van der Waals surface area contributed by atoms with Gasteiger partial charge in [-0.1, -0.05) is 0 Å². The summed E-state index contributed by atoms with van der Waals surface area (Å²) in [6.45, 7) is 0. The molecule has 1 aromatic carbocycles. The van der Waals surface area contributed by atoms with Crippen molar-refractivity contribution in [1.82, 2.24) is 0 Å². The minimum Gasteiger partial charge on any atom is -0.258 e. The number of amidine groups is 1. The Bertz CT molecular complexity index is 555. The first kappa shape index (κ1) is 15.2. The van der Waals surface area contributed by atoms with Crippen LogP contribution in [-0.2, 0) is 0 Å². The van der Waals surface area contributed by atoms with Gasteiger partial charge in [0, 0.05) is 17.7 Å². The lowest BCUT2D eigenvalue weighted by Crippen LogP contribution is -2.00. The van der Waals surface area contributed by atoms with Gasteiger partial charge in [0.1, 0.15) is 4.38 Å². The summed E-state index contributed by atoms with van der Waals surface area (Å²) in [6.07, 6.45) is 5.43. The van der Waals surface area contributed by atoms with Gasteiger partial charge >= 0.3 is 0 Å². The highest BCUT2D eigenvalue weighted by Gasteiger charge is 2.08. The van der Waals surface area contributed by atoms with Gasteiger partial charge in [0.2, 0.25) is 6.19 Å². The molecule has 98 valence electrons. The Kier molecular flexibility index (Phi) is 6.05. The van der Waals surface area contributed by atoms with E-state index in [4.69, 9.17) is 5.26 Å². The maximum absolute atomic E-state index is 10.6. The van der Waals surface area contributed by atoms with Gasteiger partial charge in [0.15, 0.2) is 5.84 Å². The van der Waals surface area contributed by atoms with Crippen LogP contribution in [0.3, 0.4) is 0 Å². The summed E-state index contributed by atoms with van der Waals surface area (Å²) in [4.78, 5) is 18.0. The molecule has 0 N–H and O–H groups in total. The maximum Gasteiger partial charge on any atom is 0.269 e. The van der Waals surface area contributed by atoms with E-state index in [0.717, 1.165) is 4.38 Å². The van der Waals surface area contributed by atoms with Crippen LogP contribution in [0.2, 0.25) is 0 Å². The molecule has 0 atom stereocenters. The summed E-state index contributed by atoms with van der Waals surface area (Å²) in [5, 5.41) is 19.2. The van der Waals surface area contributed by atoms with Gasteiger partial charge in [-0.05, 0) is 24.6 Å². The number of hydrogen-bond acceptors (Lipinski definition) is 6. The molecule has 8 heteroatoms. The predicted octanol–water partition coefficient (Wildman–Crippen LogP) is 2.90. The minimum absolute atomic E-state index is 0.0148. The van der Waals surface area contributed by atoms with Crippen molar-refractivity contribution < 1.29 is 4.92 Å². The van der Waals surface area contributed by atoms with E-state index in [2.05, 4.69) is 9.98 Å². The SMILES string of the molecule is CSC(=NC(=NC#N)c1ccc([N+](=O)[O-])cc1)SC. The van der Waals surface area contributed by atoms with Crippen LogP contribution in [0.4, 0.5) is 5.69 Å². The number of benzene rings is 1. The van der Waals surface area contributed by atoms with Crippen LogP contribution < -0.4 is 0 Å². The maximum atomic E-state index is 10.6. The third-order valence-electron chi connectivity index (χ3n) is 2.04. The van der Waals surface area contributed by atoms with Gasteiger partial charge in [-0.25, -0.2) is 4.99 Å². The summed E-state index contributed by atoms with van der Waals surface area (Å²) in [7, 11) is 0. The number of nitriles is 1. The number of hydrogen-bond donors (Lipinski definition) is 0. The van der Waals surface area contributed by atoms with E-state index in [9.17, 15) is 10.1 Å². The Morgan fingerprint density at radius 2 is 1.89 bits per heavy atom. The third kappa shape index (κ3) is 4.39. The van der Waals surface area contributed by atoms with Crippen molar-refractivity contribution in [1.29, 1.82) is 5.26 Å². The molecular weight excluding hydrogens is 284 g/mol. The van der Waals surface area contributed by atoms with Gasteiger partial charge in [-0.15, -0.1) is 23.5 Å². The lowest BCUT2D eigenvalue weighted by Gasteiger charge is -2.02. The molecule has 19 heavy (non-hydrogen) atoms. The fourth-order valence-electron chi connectivity index (χ4n) is 1.19. The Morgan fingerprint density at radius 3 is 2.32 bits per heavy atom. The van der Waals surface area contributed by atoms with Crippen molar-refractivity contribution in [2.75, 3.05) is 12.5 Å². The zero-order valence-electron chi connectivity index (χ0n) is 10.2. The summed E-state index contributed by atoms with van der Waals surface area (Å²) in [5.74, 6) is 0.246. The molecule has 0 radical (unpaired) electrons. The van der Waals surface area contributed by atoms with Gasteiger partial charge in [0.05, 0.1) is 4.92 Å². The van der Waals surface area contributed by atoms with Gasteiger partial charge in [-0.3, -0.25) is 10.1 Å². The summed E-state index contributed by atoms with van der Waals surface area (Å²) < 4.78 is 0.757. The number of nitrogens with zero attached hydrogens (tertiary/aromatic N) is 4. The lowest BCUT2D eigenvalue weighted by atomic mass is 10.2. The highest BCUT2D eigenvalue weighted by Crippen LogP contribution is 2.16. The smallest absolute Gasteiger partial charge is 0.258 e. The van der Waals surface area contributed by atoms with Crippen molar-refractivity contribution in [2.45, 2.75) is 0 Å². The monoisotopic (exact) mass is 294 g/mol. The molecule has 0 aliphatic heterocycles.